The third-order valence-electron chi connectivity index (χ3n) is 4.21. The Bertz CT molecular complexity index is 333. The van der Waals surface area contributed by atoms with Gasteiger partial charge in [0.05, 0.1) is 0 Å². The highest BCUT2D eigenvalue weighted by atomic mass is 15.1. The van der Waals surface area contributed by atoms with Crippen LogP contribution in [0.25, 0.3) is 0 Å². The van der Waals surface area contributed by atoms with E-state index < -0.39 is 0 Å². The van der Waals surface area contributed by atoms with Crippen molar-refractivity contribution < 1.29 is 0 Å². The monoisotopic (exact) mass is 263 g/mol. The minimum atomic E-state index is 0.387. The summed E-state index contributed by atoms with van der Waals surface area (Å²) in [4.78, 5) is 6.63. The van der Waals surface area contributed by atoms with Gasteiger partial charge in [-0.3, -0.25) is 9.88 Å². The first kappa shape index (κ1) is 16.1. The second-order valence-corrected chi connectivity index (χ2v) is 5.40. The summed E-state index contributed by atoms with van der Waals surface area (Å²) in [5.74, 6) is 0. The van der Waals surface area contributed by atoms with Crippen LogP contribution in [0.2, 0.25) is 0 Å². The molecule has 19 heavy (non-hydrogen) atoms. The predicted octanol–water partition coefficient (Wildman–Crippen LogP) is 2.93. The quantitative estimate of drug-likeness (QED) is 0.742. The van der Waals surface area contributed by atoms with E-state index in [9.17, 15) is 0 Å². The van der Waals surface area contributed by atoms with Crippen molar-refractivity contribution in [2.24, 2.45) is 5.41 Å². The first-order valence-electron chi connectivity index (χ1n) is 7.45. The molecule has 1 rings (SSSR count). The van der Waals surface area contributed by atoms with Gasteiger partial charge in [0, 0.05) is 32.0 Å². The molecule has 1 N–H and O–H groups in total. The van der Waals surface area contributed by atoms with E-state index in [0.717, 1.165) is 26.2 Å². The van der Waals surface area contributed by atoms with Crippen molar-refractivity contribution in [2.45, 2.75) is 40.2 Å². The smallest absolute Gasteiger partial charge is 0.0271 e. The molecule has 1 aromatic heterocycles. The molecule has 1 heterocycles. The van der Waals surface area contributed by atoms with E-state index in [2.05, 4.69) is 55.2 Å². The van der Waals surface area contributed by atoms with Gasteiger partial charge in [-0.15, -0.1) is 0 Å². The normalized spacial score (nSPS) is 12.1. The Morgan fingerprint density at radius 1 is 1.16 bits per heavy atom. The molecule has 0 fully saturated rings. The van der Waals surface area contributed by atoms with E-state index in [1.54, 1.807) is 0 Å². The summed E-state index contributed by atoms with van der Waals surface area (Å²) in [6, 6.07) is 4.22. The molecule has 0 spiro atoms. The fourth-order valence-electron chi connectivity index (χ4n) is 2.65. The number of nitrogens with zero attached hydrogens (tertiary/aromatic N) is 2. The molecule has 0 aromatic carbocycles. The van der Waals surface area contributed by atoms with Crippen molar-refractivity contribution in [2.75, 3.05) is 26.7 Å². The Morgan fingerprint density at radius 3 is 2.26 bits per heavy atom. The van der Waals surface area contributed by atoms with Gasteiger partial charge >= 0.3 is 0 Å². The topological polar surface area (TPSA) is 28.2 Å². The van der Waals surface area contributed by atoms with E-state index in [1.807, 2.05) is 12.4 Å². The Hall–Kier alpha value is -0.930. The first-order valence-corrected chi connectivity index (χ1v) is 7.45. The van der Waals surface area contributed by atoms with E-state index in [0.29, 0.717) is 5.41 Å². The zero-order valence-electron chi connectivity index (χ0n) is 12.9. The molecule has 0 bridgehead atoms. The van der Waals surface area contributed by atoms with Crippen molar-refractivity contribution in [3.8, 4) is 0 Å². The average molecular weight is 263 g/mol. The number of rotatable bonds is 9. The van der Waals surface area contributed by atoms with Gasteiger partial charge in [-0.25, -0.2) is 0 Å². The van der Waals surface area contributed by atoms with Gasteiger partial charge in [0.1, 0.15) is 0 Å². The van der Waals surface area contributed by atoms with Crippen LogP contribution >= 0.6 is 0 Å². The maximum Gasteiger partial charge on any atom is 0.0271 e. The molecule has 0 radical (unpaired) electrons. The molecular formula is C16H29N3. The van der Waals surface area contributed by atoms with Crippen LogP contribution < -0.4 is 5.32 Å². The molecule has 0 aliphatic heterocycles. The fraction of sp³-hybridized carbons (Fsp3) is 0.688. The maximum absolute atomic E-state index is 4.09. The van der Waals surface area contributed by atoms with Gasteiger partial charge < -0.3 is 5.32 Å². The number of hydrogen-bond acceptors (Lipinski definition) is 3. The highest BCUT2D eigenvalue weighted by molar-refractivity contribution is 5.09. The van der Waals surface area contributed by atoms with Crippen molar-refractivity contribution in [3.05, 3.63) is 30.1 Å². The lowest BCUT2D eigenvalue weighted by Gasteiger charge is -2.37. The summed E-state index contributed by atoms with van der Waals surface area (Å²) in [5, 5.41) is 3.37. The van der Waals surface area contributed by atoms with E-state index in [4.69, 9.17) is 0 Å². The lowest BCUT2D eigenvalue weighted by molar-refractivity contribution is 0.135. The molecule has 0 aliphatic carbocycles. The summed E-state index contributed by atoms with van der Waals surface area (Å²) in [7, 11) is 2.05. The highest BCUT2D eigenvalue weighted by Crippen LogP contribution is 2.27. The van der Waals surface area contributed by atoms with Gasteiger partial charge in [0.25, 0.3) is 0 Å². The third-order valence-corrected chi connectivity index (χ3v) is 4.21. The molecule has 3 nitrogen and oxygen atoms in total. The summed E-state index contributed by atoms with van der Waals surface area (Å²) in [5.41, 5.74) is 1.74. The van der Waals surface area contributed by atoms with Crippen LogP contribution in [0.15, 0.2) is 24.5 Å². The Morgan fingerprint density at radius 2 is 1.79 bits per heavy atom. The lowest BCUT2D eigenvalue weighted by atomic mass is 9.81. The summed E-state index contributed by atoms with van der Waals surface area (Å²) in [6.07, 6.45) is 6.20. The van der Waals surface area contributed by atoms with Crippen molar-refractivity contribution in [1.29, 1.82) is 0 Å². The molecular weight excluding hydrogens is 234 g/mol. The summed E-state index contributed by atoms with van der Waals surface area (Å²) < 4.78 is 0. The maximum atomic E-state index is 4.09. The number of hydrogen-bond donors (Lipinski definition) is 1. The van der Waals surface area contributed by atoms with E-state index in [1.165, 1.54) is 18.4 Å². The largest absolute Gasteiger partial charge is 0.319 e. The second-order valence-electron chi connectivity index (χ2n) is 5.40. The van der Waals surface area contributed by atoms with Crippen LogP contribution in [0.1, 0.15) is 39.2 Å². The molecule has 0 amide bonds. The van der Waals surface area contributed by atoms with Crippen LogP contribution in [-0.4, -0.2) is 36.6 Å². The molecule has 1 aromatic rings. The van der Waals surface area contributed by atoms with Gasteiger partial charge in [-0.2, -0.15) is 0 Å². The van der Waals surface area contributed by atoms with Crippen LogP contribution in [0.3, 0.4) is 0 Å². The Labute approximate surface area is 118 Å². The molecule has 0 atom stereocenters. The van der Waals surface area contributed by atoms with E-state index >= 15 is 0 Å². The van der Waals surface area contributed by atoms with E-state index in [-0.39, 0.29) is 0 Å². The molecule has 108 valence electrons. The molecule has 0 unspecified atom stereocenters. The Balaban J connectivity index is 2.69. The zero-order chi connectivity index (χ0) is 14.1. The summed E-state index contributed by atoms with van der Waals surface area (Å²) in [6.45, 7) is 11.2. The van der Waals surface area contributed by atoms with Crippen LogP contribution in [-0.2, 0) is 6.54 Å². The molecule has 0 saturated carbocycles. The second kappa shape index (κ2) is 8.28. The number of pyridine rings is 1. The summed E-state index contributed by atoms with van der Waals surface area (Å²) >= 11 is 0. The van der Waals surface area contributed by atoms with Gasteiger partial charge in [-0.05, 0) is 49.5 Å². The minimum absolute atomic E-state index is 0.387. The van der Waals surface area contributed by atoms with Gasteiger partial charge in [0.2, 0.25) is 0 Å². The van der Waals surface area contributed by atoms with Gasteiger partial charge in [0.15, 0.2) is 0 Å². The van der Waals surface area contributed by atoms with Crippen LogP contribution in [0.5, 0.6) is 0 Å². The van der Waals surface area contributed by atoms with Crippen LogP contribution in [0.4, 0.5) is 0 Å². The van der Waals surface area contributed by atoms with Crippen molar-refractivity contribution >= 4 is 0 Å². The molecule has 0 saturated heterocycles. The van der Waals surface area contributed by atoms with Crippen molar-refractivity contribution in [1.82, 2.24) is 15.2 Å². The zero-order valence-corrected chi connectivity index (χ0v) is 12.9. The van der Waals surface area contributed by atoms with Crippen molar-refractivity contribution in [3.63, 3.8) is 0 Å². The number of nitrogens with one attached hydrogen (secondary N) is 1. The van der Waals surface area contributed by atoms with Crippen LogP contribution in [0, 0.1) is 5.41 Å². The standard InChI is InChI=1S/C16H29N3/c1-5-16(6-2,13-17-4)14-19(7-3)12-15-8-10-18-11-9-15/h8-11,17H,5-7,12-14H2,1-4H3. The Kier molecular flexibility index (Phi) is 7.03. The average Bonchev–Trinajstić information content (AvgIpc) is 2.47. The lowest BCUT2D eigenvalue weighted by Crippen LogP contribution is -2.42. The SMILES string of the molecule is CCN(Cc1ccncc1)CC(CC)(CC)CNC. The molecule has 3 heteroatoms. The minimum Gasteiger partial charge on any atom is -0.319 e. The third kappa shape index (κ3) is 4.92. The predicted molar refractivity (Wildman–Crippen MR) is 82.1 cm³/mol. The first-order chi connectivity index (χ1) is 9.19. The fourth-order valence-corrected chi connectivity index (χ4v) is 2.65. The van der Waals surface area contributed by atoms with Gasteiger partial charge in [-0.1, -0.05) is 20.8 Å². The highest BCUT2D eigenvalue weighted by Gasteiger charge is 2.27. The number of aromatic nitrogens is 1. The molecule has 0 aliphatic rings.